The number of hydrazone groups is 1. The smallest absolute Gasteiger partial charge is 0.271 e. The van der Waals surface area contributed by atoms with E-state index in [2.05, 4.69) is 15.5 Å². The molecule has 0 saturated heterocycles. The van der Waals surface area contributed by atoms with Crippen molar-refractivity contribution < 1.29 is 19.0 Å². The number of rotatable bonds is 6. The number of nitrogens with zero attached hydrogens (tertiary/aromatic N) is 1. The van der Waals surface area contributed by atoms with Gasteiger partial charge in [0.25, 0.3) is 5.91 Å². The van der Waals surface area contributed by atoms with Gasteiger partial charge in [-0.15, -0.1) is 0 Å². The summed E-state index contributed by atoms with van der Waals surface area (Å²) >= 11 is 0. The van der Waals surface area contributed by atoms with Crippen molar-refractivity contribution in [2.24, 2.45) is 5.10 Å². The highest BCUT2D eigenvalue weighted by Gasteiger charge is 2.16. The number of hydrogen-bond donors (Lipinski definition) is 2. The van der Waals surface area contributed by atoms with E-state index in [4.69, 9.17) is 14.2 Å². The number of nitrogens with one attached hydrogen (secondary N) is 2. The van der Waals surface area contributed by atoms with Crippen LogP contribution in [0.2, 0.25) is 0 Å². The van der Waals surface area contributed by atoms with Crippen LogP contribution in [0.25, 0.3) is 0 Å². The number of amides is 1. The summed E-state index contributed by atoms with van der Waals surface area (Å²) in [5.74, 6) is 0.846. The Balaban J connectivity index is 2.18. The Bertz CT molecular complexity index is 640. The first-order valence-electron chi connectivity index (χ1n) is 6.46. The monoisotopic (exact) mass is 303 g/mol. The summed E-state index contributed by atoms with van der Waals surface area (Å²) in [6.07, 6.45) is 3.28. The number of ether oxygens (including phenoxy) is 3. The van der Waals surface area contributed by atoms with Gasteiger partial charge in [-0.25, -0.2) is 5.43 Å². The van der Waals surface area contributed by atoms with E-state index in [0.29, 0.717) is 22.8 Å². The molecule has 0 radical (unpaired) electrons. The van der Waals surface area contributed by atoms with Gasteiger partial charge in [-0.3, -0.25) is 4.79 Å². The number of carbonyl (C=O) groups excluding carboxylic acids is 1. The first-order chi connectivity index (χ1) is 10.7. The molecule has 0 spiro atoms. The lowest BCUT2D eigenvalue weighted by Gasteiger charge is -2.13. The Morgan fingerprint density at radius 2 is 1.86 bits per heavy atom. The van der Waals surface area contributed by atoms with E-state index >= 15 is 0 Å². The number of benzene rings is 1. The zero-order valence-corrected chi connectivity index (χ0v) is 12.5. The molecule has 0 aliphatic heterocycles. The summed E-state index contributed by atoms with van der Waals surface area (Å²) in [6, 6.07) is 6.78. The van der Waals surface area contributed by atoms with E-state index in [-0.39, 0.29) is 5.91 Å². The Hall–Kier alpha value is -2.96. The van der Waals surface area contributed by atoms with E-state index in [0.717, 1.165) is 5.69 Å². The zero-order chi connectivity index (χ0) is 15.9. The van der Waals surface area contributed by atoms with Crippen LogP contribution >= 0.6 is 0 Å². The van der Waals surface area contributed by atoms with Crippen molar-refractivity contribution in [3.63, 3.8) is 0 Å². The fraction of sp³-hybridized carbons (Fsp3) is 0.200. The molecule has 7 heteroatoms. The molecular weight excluding hydrogens is 286 g/mol. The second-order valence-corrected chi connectivity index (χ2v) is 4.24. The van der Waals surface area contributed by atoms with Gasteiger partial charge >= 0.3 is 0 Å². The van der Waals surface area contributed by atoms with Crippen LogP contribution in [0.5, 0.6) is 17.2 Å². The van der Waals surface area contributed by atoms with Gasteiger partial charge in [0, 0.05) is 11.8 Å². The van der Waals surface area contributed by atoms with Crippen molar-refractivity contribution in [1.82, 2.24) is 10.4 Å². The van der Waals surface area contributed by atoms with Crippen LogP contribution in [0.4, 0.5) is 0 Å². The van der Waals surface area contributed by atoms with Gasteiger partial charge in [0.05, 0.1) is 33.2 Å². The molecule has 116 valence electrons. The lowest BCUT2D eigenvalue weighted by atomic mass is 10.1. The molecule has 7 nitrogen and oxygen atoms in total. The van der Waals surface area contributed by atoms with E-state index < -0.39 is 0 Å². The van der Waals surface area contributed by atoms with Crippen LogP contribution in [0.3, 0.4) is 0 Å². The standard InChI is InChI=1S/C15H17N3O4/c1-20-12-7-10(8-13(21-2)14(12)22-3)15(19)18-17-9-11-5-4-6-16-11/h4-9,16H,1-3H3,(H,18,19). The molecule has 0 saturated carbocycles. The third-order valence-electron chi connectivity index (χ3n) is 2.92. The van der Waals surface area contributed by atoms with Gasteiger partial charge in [-0.1, -0.05) is 0 Å². The van der Waals surface area contributed by atoms with Gasteiger partial charge in [0.2, 0.25) is 5.75 Å². The van der Waals surface area contributed by atoms with Crippen LogP contribution in [0, 0.1) is 0 Å². The normalized spacial score (nSPS) is 10.5. The molecule has 1 heterocycles. The number of aromatic amines is 1. The third kappa shape index (κ3) is 3.38. The number of methoxy groups -OCH3 is 3. The molecular formula is C15H17N3O4. The fourth-order valence-electron chi connectivity index (χ4n) is 1.86. The molecule has 0 aliphatic carbocycles. The Morgan fingerprint density at radius 3 is 2.36 bits per heavy atom. The summed E-state index contributed by atoms with van der Waals surface area (Å²) in [5.41, 5.74) is 3.56. The molecule has 0 fully saturated rings. The van der Waals surface area contributed by atoms with Crippen LogP contribution in [0.15, 0.2) is 35.6 Å². The van der Waals surface area contributed by atoms with Gasteiger partial charge in [0.1, 0.15) is 0 Å². The van der Waals surface area contributed by atoms with Gasteiger partial charge < -0.3 is 19.2 Å². The molecule has 0 atom stereocenters. The number of hydrogen-bond acceptors (Lipinski definition) is 5. The van der Waals surface area contributed by atoms with Crippen LogP contribution in [0.1, 0.15) is 16.1 Å². The molecule has 2 rings (SSSR count). The molecule has 2 aromatic rings. The average molecular weight is 303 g/mol. The molecule has 2 N–H and O–H groups in total. The predicted molar refractivity (Wildman–Crippen MR) is 82.0 cm³/mol. The van der Waals surface area contributed by atoms with Gasteiger partial charge in [0.15, 0.2) is 11.5 Å². The summed E-state index contributed by atoms with van der Waals surface area (Å²) in [6.45, 7) is 0. The summed E-state index contributed by atoms with van der Waals surface area (Å²) < 4.78 is 15.6. The third-order valence-corrected chi connectivity index (χ3v) is 2.92. The predicted octanol–water partition coefficient (Wildman–Crippen LogP) is 1.80. The first-order valence-corrected chi connectivity index (χ1v) is 6.46. The second kappa shape index (κ2) is 7.16. The largest absolute Gasteiger partial charge is 0.493 e. The van der Waals surface area contributed by atoms with Crippen LogP contribution < -0.4 is 19.6 Å². The van der Waals surface area contributed by atoms with Gasteiger partial charge in [-0.05, 0) is 24.3 Å². The van der Waals surface area contributed by atoms with Crippen molar-refractivity contribution in [2.75, 3.05) is 21.3 Å². The highest BCUT2D eigenvalue weighted by atomic mass is 16.5. The van der Waals surface area contributed by atoms with E-state index in [9.17, 15) is 4.79 Å². The number of carbonyl (C=O) groups is 1. The van der Waals surface area contributed by atoms with Crippen molar-refractivity contribution in [3.8, 4) is 17.2 Å². The Morgan fingerprint density at radius 1 is 1.18 bits per heavy atom. The zero-order valence-electron chi connectivity index (χ0n) is 12.5. The molecule has 0 bridgehead atoms. The molecule has 22 heavy (non-hydrogen) atoms. The molecule has 1 amide bonds. The van der Waals surface area contributed by atoms with Crippen molar-refractivity contribution >= 4 is 12.1 Å². The number of H-pyrrole nitrogens is 1. The van der Waals surface area contributed by atoms with Crippen LogP contribution in [-0.4, -0.2) is 38.4 Å². The molecule has 1 aromatic carbocycles. The van der Waals surface area contributed by atoms with Gasteiger partial charge in [-0.2, -0.15) is 5.10 Å². The highest BCUT2D eigenvalue weighted by Crippen LogP contribution is 2.38. The average Bonchev–Trinajstić information content (AvgIpc) is 3.06. The Labute approximate surface area is 127 Å². The lowest BCUT2D eigenvalue weighted by molar-refractivity contribution is 0.0954. The minimum Gasteiger partial charge on any atom is -0.493 e. The minimum atomic E-state index is -0.387. The number of aromatic nitrogens is 1. The molecule has 0 unspecified atom stereocenters. The quantitative estimate of drug-likeness (QED) is 0.629. The van der Waals surface area contributed by atoms with E-state index in [1.807, 2.05) is 12.1 Å². The highest BCUT2D eigenvalue weighted by molar-refractivity contribution is 5.96. The molecule has 0 aliphatic rings. The topological polar surface area (TPSA) is 84.9 Å². The maximum absolute atomic E-state index is 12.1. The first kappa shape index (κ1) is 15.4. The fourth-order valence-corrected chi connectivity index (χ4v) is 1.86. The molecule has 1 aromatic heterocycles. The minimum absolute atomic E-state index is 0.345. The lowest BCUT2D eigenvalue weighted by Crippen LogP contribution is -2.18. The van der Waals surface area contributed by atoms with E-state index in [1.165, 1.54) is 27.5 Å². The second-order valence-electron chi connectivity index (χ2n) is 4.24. The maximum Gasteiger partial charge on any atom is 0.271 e. The van der Waals surface area contributed by atoms with Crippen molar-refractivity contribution in [2.45, 2.75) is 0 Å². The SMILES string of the molecule is COc1cc(C(=O)NN=Cc2ccc[nH]2)cc(OC)c1OC. The van der Waals surface area contributed by atoms with Crippen molar-refractivity contribution in [1.29, 1.82) is 0 Å². The Kier molecular flexibility index (Phi) is 5.02. The summed E-state index contributed by atoms with van der Waals surface area (Å²) in [7, 11) is 4.48. The summed E-state index contributed by atoms with van der Waals surface area (Å²) in [5, 5.41) is 3.88. The maximum atomic E-state index is 12.1. The van der Waals surface area contributed by atoms with E-state index in [1.54, 1.807) is 18.3 Å². The summed E-state index contributed by atoms with van der Waals surface area (Å²) in [4.78, 5) is 15.1. The van der Waals surface area contributed by atoms with Crippen molar-refractivity contribution in [3.05, 3.63) is 41.7 Å². The van der Waals surface area contributed by atoms with Crippen LogP contribution in [-0.2, 0) is 0 Å².